The maximum Gasteiger partial charge on any atom is 0.322 e. The molecular weight excluding hydrogens is 434 g/mol. The second kappa shape index (κ2) is 9.03. The second-order valence-electron chi connectivity index (χ2n) is 7.51. The summed E-state index contributed by atoms with van der Waals surface area (Å²) in [6.07, 6.45) is 1.63. The largest absolute Gasteiger partial charge is 0.322 e. The number of nitrogens with one attached hydrogen (secondary N) is 2. The highest BCUT2D eigenvalue weighted by Gasteiger charge is 2.33. The van der Waals surface area contributed by atoms with E-state index >= 15 is 0 Å². The van der Waals surface area contributed by atoms with Crippen molar-refractivity contribution in [1.29, 1.82) is 0 Å². The molecule has 2 heterocycles. The molecule has 3 aromatic rings. The second-order valence-corrected chi connectivity index (χ2v) is 8.93. The highest BCUT2D eigenvalue weighted by atomic mass is 35.5. The van der Waals surface area contributed by atoms with E-state index in [0.29, 0.717) is 27.9 Å². The molecule has 1 aromatic heterocycles. The minimum atomic E-state index is -0.309. The van der Waals surface area contributed by atoms with Gasteiger partial charge in [0, 0.05) is 22.9 Å². The van der Waals surface area contributed by atoms with Crippen LogP contribution >= 0.6 is 22.9 Å². The molecule has 9 heteroatoms. The van der Waals surface area contributed by atoms with Gasteiger partial charge >= 0.3 is 6.03 Å². The van der Waals surface area contributed by atoms with Crippen molar-refractivity contribution in [2.45, 2.75) is 32.7 Å². The van der Waals surface area contributed by atoms with E-state index in [9.17, 15) is 9.59 Å². The van der Waals surface area contributed by atoms with Gasteiger partial charge in [-0.05, 0) is 56.5 Å². The first kappa shape index (κ1) is 21.3. The molecule has 0 radical (unpaired) electrons. The molecule has 31 heavy (non-hydrogen) atoms. The summed E-state index contributed by atoms with van der Waals surface area (Å²) in [5, 5.41) is 15.5. The van der Waals surface area contributed by atoms with Crippen molar-refractivity contribution in [2.24, 2.45) is 0 Å². The molecule has 160 valence electrons. The summed E-state index contributed by atoms with van der Waals surface area (Å²) in [6, 6.07) is 12.5. The van der Waals surface area contributed by atoms with Gasteiger partial charge in [0.2, 0.25) is 5.01 Å². The fourth-order valence-electron chi connectivity index (χ4n) is 3.41. The van der Waals surface area contributed by atoms with Crippen molar-refractivity contribution >= 4 is 46.3 Å². The van der Waals surface area contributed by atoms with Gasteiger partial charge in [0.05, 0.1) is 6.04 Å². The molecule has 4 rings (SSSR count). The molecule has 0 spiro atoms. The fraction of sp³-hybridized carbons (Fsp3) is 0.273. The number of hydrogen-bond donors (Lipinski definition) is 2. The Morgan fingerprint density at radius 1 is 1.06 bits per heavy atom. The van der Waals surface area contributed by atoms with Crippen LogP contribution in [0.15, 0.2) is 42.5 Å². The molecule has 0 aliphatic carbocycles. The van der Waals surface area contributed by atoms with E-state index in [0.717, 1.165) is 24.0 Å². The molecule has 1 atom stereocenters. The maximum absolute atomic E-state index is 12.9. The van der Waals surface area contributed by atoms with Gasteiger partial charge in [0.15, 0.2) is 0 Å². The third-order valence-corrected chi connectivity index (χ3v) is 6.60. The third-order valence-electron chi connectivity index (χ3n) is 5.17. The molecule has 1 aliphatic heterocycles. The lowest BCUT2D eigenvalue weighted by atomic mass is 10.2. The van der Waals surface area contributed by atoms with Crippen molar-refractivity contribution < 1.29 is 9.59 Å². The lowest BCUT2D eigenvalue weighted by Gasteiger charge is -2.23. The number of benzene rings is 2. The van der Waals surface area contributed by atoms with Crippen LogP contribution in [0.2, 0.25) is 5.02 Å². The third kappa shape index (κ3) is 4.86. The summed E-state index contributed by atoms with van der Waals surface area (Å²) in [6.45, 7) is 4.51. The number of likely N-dealkylation sites (tertiary alicyclic amines) is 1. The molecule has 7 nitrogen and oxygen atoms in total. The zero-order chi connectivity index (χ0) is 22.0. The van der Waals surface area contributed by atoms with Gasteiger partial charge in [-0.2, -0.15) is 0 Å². The monoisotopic (exact) mass is 455 g/mol. The average Bonchev–Trinajstić information content (AvgIpc) is 3.42. The van der Waals surface area contributed by atoms with Gasteiger partial charge in [-0.1, -0.05) is 46.7 Å². The molecule has 2 aromatic carbocycles. The predicted octanol–water partition coefficient (Wildman–Crippen LogP) is 5.43. The van der Waals surface area contributed by atoms with Crippen molar-refractivity contribution in [3.05, 3.63) is 68.6 Å². The van der Waals surface area contributed by atoms with Gasteiger partial charge in [-0.3, -0.25) is 4.79 Å². The Kier molecular flexibility index (Phi) is 6.20. The van der Waals surface area contributed by atoms with E-state index in [1.165, 1.54) is 11.3 Å². The standard InChI is InChI=1S/C22H22ClN5O2S/c1-13-5-8-15(9-6-13)24-19(29)21-27-26-20(31-21)18-4-3-11-28(18)22(30)25-16-10-7-14(2)17(23)12-16/h5-10,12,18H,3-4,11H2,1-2H3,(H,24,29)(H,25,30). The highest BCUT2D eigenvalue weighted by Crippen LogP contribution is 2.34. The quantitative estimate of drug-likeness (QED) is 0.549. The van der Waals surface area contributed by atoms with E-state index in [-0.39, 0.29) is 23.0 Å². The maximum atomic E-state index is 12.9. The molecule has 1 aliphatic rings. The average molecular weight is 456 g/mol. The van der Waals surface area contributed by atoms with Crippen LogP contribution < -0.4 is 10.6 Å². The predicted molar refractivity (Wildman–Crippen MR) is 123 cm³/mol. The summed E-state index contributed by atoms with van der Waals surface area (Å²) in [4.78, 5) is 27.1. The molecule has 1 fully saturated rings. The molecule has 2 N–H and O–H groups in total. The smallest absolute Gasteiger partial charge is 0.320 e. The normalized spacial score (nSPS) is 15.7. The number of aromatic nitrogens is 2. The van der Waals surface area contributed by atoms with Crippen LogP contribution in [0.4, 0.5) is 16.2 Å². The van der Waals surface area contributed by atoms with Crippen LogP contribution in [-0.4, -0.2) is 33.6 Å². The van der Waals surface area contributed by atoms with E-state index in [1.54, 1.807) is 11.0 Å². The Bertz CT molecular complexity index is 1120. The topological polar surface area (TPSA) is 87.2 Å². The summed E-state index contributed by atoms with van der Waals surface area (Å²) in [7, 11) is 0. The van der Waals surface area contributed by atoms with Crippen LogP contribution in [-0.2, 0) is 0 Å². The molecular formula is C22H22ClN5O2S. The van der Waals surface area contributed by atoms with Crippen LogP contribution in [0.25, 0.3) is 0 Å². The van der Waals surface area contributed by atoms with Crippen molar-refractivity contribution in [2.75, 3.05) is 17.2 Å². The Morgan fingerprint density at radius 3 is 2.55 bits per heavy atom. The van der Waals surface area contributed by atoms with Gasteiger partial charge in [0.1, 0.15) is 5.01 Å². The molecule has 1 unspecified atom stereocenters. The Balaban J connectivity index is 1.44. The summed E-state index contributed by atoms with van der Waals surface area (Å²) in [5.74, 6) is -0.309. The fourth-order valence-corrected chi connectivity index (χ4v) is 4.48. The minimum Gasteiger partial charge on any atom is -0.320 e. The Morgan fingerprint density at radius 2 is 1.81 bits per heavy atom. The first-order valence-corrected chi connectivity index (χ1v) is 11.2. The molecule has 0 bridgehead atoms. The zero-order valence-corrected chi connectivity index (χ0v) is 18.8. The van der Waals surface area contributed by atoms with E-state index in [2.05, 4.69) is 20.8 Å². The Labute approximate surface area is 189 Å². The number of anilines is 2. The van der Waals surface area contributed by atoms with Crippen molar-refractivity contribution in [3.8, 4) is 0 Å². The number of amides is 3. The SMILES string of the molecule is Cc1ccc(NC(=O)c2nnc(C3CCCN3C(=O)Nc3ccc(C)c(Cl)c3)s2)cc1. The van der Waals surface area contributed by atoms with E-state index < -0.39 is 0 Å². The number of rotatable bonds is 4. The van der Waals surface area contributed by atoms with E-state index in [4.69, 9.17) is 11.6 Å². The van der Waals surface area contributed by atoms with Crippen LogP contribution in [0, 0.1) is 13.8 Å². The minimum absolute atomic E-state index is 0.209. The summed E-state index contributed by atoms with van der Waals surface area (Å²) < 4.78 is 0. The zero-order valence-electron chi connectivity index (χ0n) is 17.2. The van der Waals surface area contributed by atoms with Gasteiger partial charge in [-0.25, -0.2) is 4.79 Å². The summed E-state index contributed by atoms with van der Waals surface area (Å²) in [5.41, 5.74) is 3.40. The number of aryl methyl sites for hydroxylation is 2. The van der Waals surface area contributed by atoms with Gasteiger partial charge in [0.25, 0.3) is 5.91 Å². The number of hydrogen-bond acceptors (Lipinski definition) is 5. The van der Waals surface area contributed by atoms with Gasteiger partial charge in [-0.15, -0.1) is 10.2 Å². The van der Waals surface area contributed by atoms with Gasteiger partial charge < -0.3 is 15.5 Å². The first-order chi connectivity index (χ1) is 14.9. The number of carbonyl (C=O) groups is 2. The lowest BCUT2D eigenvalue weighted by molar-refractivity contribution is 0.102. The van der Waals surface area contributed by atoms with Crippen LogP contribution in [0.1, 0.15) is 44.8 Å². The molecule has 3 amide bonds. The van der Waals surface area contributed by atoms with Crippen molar-refractivity contribution in [3.63, 3.8) is 0 Å². The first-order valence-electron chi connectivity index (χ1n) is 9.96. The number of urea groups is 1. The Hall–Kier alpha value is -2.97. The highest BCUT2D eigenvalue weighted by molar-refractivity contribution is 7.13. The van der Waals surface area contributed by atoms with Crippen LogP contribution in [0.3, 0.4) is 0 Å². The molecule has 1 saturated heterocycles. The summed E-state index contributed by atoms with van der Waals surface area (Å²) >= 11 is 7.38. The number of halogens is 1. The van der Waals surface area contributed by atoms with Crippen LogP contribution in [0.5, 0.6) is 0 Å². The number of carbonyl (C=O) groups excluding carboxylic acids is 2. The lowest BCUT2D eigenvalue weighted by Crippen LogP contribution is -2.34. The van der Waals surface area contributed by atoms with E-state index in [1.807, 2.05) is 50.2 Å². The van der Waals surface area contributed by atoms with Crippen molar-refractivity contribution in [1.82, 2.24) is 15.1 Å². The number of nitrogens with zero attached hydrogens (tertiary/aromatic N) is 3. The molecule has 0 saturated carbocycles.